The molecule has 128 valence electrons. The van der Waals surface area contributed by atoms with E-state index >= 15 is 0 Å². The van der Waals surface area contributed by atoms with Gasteiger partial charge in [-0.15, -0.1) is 0 Å². The van der Waals surface area contributed by atoms with E-state index in [0.29, 0.717) is 6.04 Å². The number of rotatable bonds is 2. The minimum atomic E-state index is 0.149. The van der Waals surface area contributed by atoms with E-state index in [1.54, 1.807) is 0 Å². The number of carbonyl (C=O) groups is 1. The summed E-state index contributed by atoms with van der Waals surface area (Å²) in [5.74, 6) is 0.149. The van der Waals surface area contributed by atoms with E-state index in [0.717, 1.165) is 60.1 Å². The van der Waals surface area contributed by atoms with Crippen molar-refractivity contribution in [3.05, 3.63) is 41.1 Å². The molecule has 1 aliphatic rings. The molecule has 4 heteroatoms. The third-order valence-corrected chi connectivity index (χ3v) is 5.11. The molecule has 0 bridgehead atoms. The highest BCUT2D eigenvalue weighted by atomic mass is 16.2. The zero-order valence-corrected chi connectivity index (χ0v) is 15.2. The summed E-state index contributed by atoms with van der Waals surface area (Å²) < 4.78 is 0. The lowest BCUT2D eigenvalue weighted by Gasteiger charge is -2.24. The van der Waals surface area contributed by atoms with Crippen LogP contribution < -0.4 is 0 Å². The highest BCUT2D eigenvalue weighted by Gasteiger charge is 2.24. The number of hydrogen-bond donors (Lipinski definition) is 0. The van der Waals surface area contributed by atoms with Gasteiger partial charge in [0.15, 0.2) is 0 Å². The maximum absolute atomic E-state index is 13.2. The van der Waals surface area contributed by atoms with Crippen LogP contribution in [0.4, 0.5) is 0 Å². The Hall–Kier alpha value is -1.94. The average Bonchev–Trinajstić information content (AvgIpc) is 2.80. The summed E-state index contributed by atoms with van der Waals surface area (Å²) in [7, 11) is 4.26. The van der Waals surface area contributed by atoms with Gasteiger partial charge < -0.3 is 9.80 Å². The molecule has 24 heavy (non-hydrogen) atoms. The van der Waals surface area contributed by atoms with Crippen LogP contribution in [-0.4, -0.2) is 53.9 Å². The van der Waals surface area contributed by atoms with Crippen LogP contribution >= 0.6 is 0 Å². The fourth-order valence-electron chi connectivity index (χ4n) is 3.67. The maximum Gasteiger partial charge on any atom is 0.254 e. The molecule has 1 atom stereocenters. The number of para-hydroxylation sites is 1. The van der Waals surface area contributed by atoms with Crippen molar-refractivity contribution in [1.82, 2.24) is 14.8 Å². The number of amides is 1. The van der Waals surface area contributed by atoms with Gasteiger partial charge in [0.05, 0.1) is 11.1 Å². The van der Waals surface area contributed by atoms with E-state index in [1.807, 2.05) is 30.0 Å². The Bertz CT molecular complexity index is 754. The summed E-state index contributed by atoms with van der Waals surface area (Å²) in [5, 5.41) is 0.971. The summed E-state index contributed by atoms with van der Waals surface area (Å²) >= 11 is 0. The minimum absolute atomic E-state index is 0.149. The first kappa shape index (κ1) is 16.9. The molecule has 1 amide bonds. The molecule has 3 rings (SSSR count). The summed E-state index contributed by atoms with van der Waals surface area (Å²) in [5.41, 5.74) is 3.77. The van der Waals surface area contributed by atoms with Gasteiger partial charge >= 0.3 is 0 Å². The Morgan fingerprint density at radius 3 is 2.75 bits per heavy atom. The summed E-state index contributed by atoms with van der Waals surface area (Å²) in [6, 6.07) is 8.59. The Labute approximate surface area is 144 Å². The SMILES string of the molecule is Cc1cc(C(=O)N2CCC[C@H](N(C)C)CC2)c2cccc(C)c2n1. The molecule has 0 radical (unpaired) electrons. The van der Waals surface area contributed by atoms with Crippen LogP contribution in [0.2, 0.25) is 0 Å². The van der Waals surface area contributed by atoms with Gasteiger partial charge in [-0.1, -0.05) is 18.2 Å². The van der Waals surface area contributed by atoms with Crippen molar-refractivity contribution in [3.63, 3.8) is 0 Å². The Balaban J connectivity index is 1.93. The molecule has 0 unspecified atom stereocenters. The van der Waals surface area contributed by atoms with Crippen LogP contribution in [-0.2, 0) is 0 Å². The van der Waals surface area contributed by atoms with E-state index in [-0.39, 0.29) is 5.91 Å². The van der Waals surface area contributed by atoms with Gasteiger partial charge in [-0.2, -0.15) is 0 Å². The van der Waals surface area contributed by atoms with E-state index in [2.05, 4.69) is 37.0 Å². The summed E-state index contributed by atoms with van der Waals surface area (Å²) in [6.45, 7) is 5.69. The molecule has 0 N–H and O–H groups in total. The second kappa shape index (κ2) is 6.89. The molecular weight excluding hydrogens is 298 g/mol. The molecular formula is C20H27N3O. The first-order valence-electron chi connectivity index (χ1n) is 8.80. The van der Waals surface area contributed by atoms with Crippen molar-refractivity contribution in [2.75, 3.05) is 27.2 Å². The molecule has 4 nitrogen and oxygen atoms in total. The second-order valence-electron chi connectivity index (χ2n) is 7.12. The number of nitrogens with zero attached hydrogens (tertiary/aromatic N) is 3. The van der Waals surface area contributed by atoms with Gasteiger partial charge in [0.2, 0.25) is 0 Å². The maximum atomic E-state index is 13.2. The van der Waals surface area contributed by atoms with Gasteiger partial charge in [0.1, 0.15) is 0 Å². The van der Waals surface area contributed by atoms with E-state index in [1.165, 1.54) is 0 Å². The van der Waals surface area contributed by atoms with Crippen LogP contribution in [0.5, 0.6) is 0 Å². The minimum Gasteiger partial charge on any atom is -0.339 e. The molecule has 2 heterocycles. The number of likely N-dealkylation sites (tertiary alicyclic amines) is 1. The first-order valence-corrected chi connectivity index (χ1v) is 8.80. The van der Waals surface area contributed by atoms with Gasteiger partial charge in [-0.3, -0.25) is 9.78 Å². The summed E-state index contributed by atoms with van der Waals surface area (Å²) in [6.07, 6.45) is 3.27. The lowest BCUT2D eigenvalue weighted by molar-refractivity contribution is 0.0760. The van der Waals surface area contributed by atoms with Crippen LogP contribution in [0.3, 0.4) is 0 Å². The smallest absolute Gasteiger partial charge is 0.254 e. The fraction of sp³-hybridized carbons (Fsp3) is 0.500. The summed E-state index contributed by atoms with van der Waals surface area (Å²) in [4.78, 5) is 22.1. The molecule has 1 saturated heterocycles. The van der Waals surface area contributed by atoms with Crippen LogP contribution in [0.15, 0.2) is 24.3 Å². The highest BCUT2D eigenvalue weighted by molar-refractivity contribution is 6.06. The molecule has 2 aromatic rings. The standard InChI is InChI=1S/C20H27N3O/c1-14-7-5-9-17-18(13-15(2)21-19(14)17)20(24)23-11-6-8-16(10-12-23)22(3)4/h5,7,9,13,16H,6,8,10-12H2,1-4H3/t16-/m0/s1. The van der Waals surface area contributed by atoms with Crippen molar-refractivity contribution in [1.29, 1.82) is 0 Å². The zero-order valence-electron chi connectivity index (χ0n) is 15.2. The number of pyridine rings is 1. The number of aryl methyl sites for hydroxylation is 2. The lowest BCUT2D eigenvalue weighted by atomic mass is 10.0. The second-order valence-corrected chi connectivity index (χ2v) is 7.12. The highest BCUT2D eigenvalue weighted by Crippen LogP contribution is 2.24. The Morgan fingerprint density at radius 1 is 1.21 bits per heavy atom. The van der Waals surface area contributed by atoms with Crippen LogP contribution in [0.1, 0.15) is 40.9 Å². The predicted octanol–water partition coefficient (Wildman–Crippen LogP) is 3.41. The quantitative estimate of drug-likeness (QED) is 0.849. The Morgan fingerprint density at radius 2 is 2.00 bits per heavy atom. The van der Waals surface area contributed by atoms with Gasteiger partial charge in [-0.05, 0) is 58.8 Å². The van der Waals surface area contributed by atoms with Crippen molar-refractivity contribution in [2.24, 2.45) is 0 Å². The number of carbonyl (C=O) groups excluding carboxylic acids is 1. The normalized spacial score (nSPS) is 18.9. The van der Waals surface area contributed by atoms with Crippen molar-refractivity contribution >= 4 is 16.8 Å². The molecule has 1 aromatic heterocycles. The Kier molecular flexibility index (Phi) is 4.86. The van der Waals surface area contributed by atoms with Gasteiger partial charge in [0, 0.05) is 30.2 Å². The average molecular weight is 325 g/mol. The molecule has 1 aliphatic heterocycles. The first-order chi connectivity index (χ1) is 11.5. The molecule has 1 aromatic carbocycles. The van der Waals surface area contributed by atoms with Crippen LogP contribution in [0, 0.1) is 13.8 Å². The van der Waals surface area contributed by atoms with E-state index in [4.69, 9.17) is 0 Å². The van der Waals surface area contributed by atoms with Gasteiger partial charge in [-0.25, -0.2) is 0 Å². The van der Waals surface area contributed by atoms with E-state index in [9.17, 15) is 4.79 Å². The van der Waals surface area contributed by atoms with Crippen molar-refractivity contribution in [3.8, 4) is 0 Å². The fourth-order valence-corrected chi connectivity index (χ4v) is 3.67. The largest absolute Gasteiger partial charge is 0.339 e. The third kappa shape index (κ3) is 3.29. The lowest BCUT2D eigenvalue weighted by Crippen LogP contribution is -2.34. The molecule has 0 spiro atoms. The number of benzene rings is 1. The molecule has 0 aliphatic carbocycles. The monoisotopic (exact) mass is 325 g/mol. The van der Waals surface area contributed by atoms with E-state index < -0.39 is 0 Å². The van der Waals surface area contributed by atoms with Gasteiger partial charge in [0.25, 0.3) is 5.91 Å². The third-order valence-electron chi connectivity index (χ3n) is 5.11. The number of hydrogen-bond acceptors (Lipinski definition) is 3. The van der Waals surface area contributed by atoms with Crippen LogP contribution in [0.25, 0.3) is 10.9 Å². The molecule has 1 fully saturated rings. The number of fused-ring (bicyclic) bond motifs is 1. The van der Waals surface area contributed by atoms with Crippen molar-refractivity contribution < 1.29 is 4.79 Å². The molecule has 0 saturated carbocycles. The van der Waals surface area contributed by atoms with Crippen molar-refractivity contribution in [2.45, 2.75) is 39.2 Å². The number of aromatic nitrogens is 1. The zero-order chi connectivity index (χ0) is 17.3. The topological polar surface area (TPSA) is 36.4 Å². The predicted molar refractivity (Wildman–Crippen MR) is 98.4 cm³/mol.